The van der Waals surface area contributed by atoms with Crippen LogP contribution in [0.3, 0.4) is 0 Å². The summed E-state index contributed by atoms with van der Waals surface area (Å²) in [5.41, 5.74) is 6.06. The van der Waals surface area contributed by atoms with Crippen molar-refractivity contribution in [2.75, 3.05) is 6.54 Å². The van der Waals surface area contributed by atoms with Gasteiger partial charge < -0.3 is 10.8 Å². The van der Waals surface area contributed by atoms with Gasteiger partial charge in [-0.15, -0.1) is 0 Å². The second kappa shape index (κ2) is 4.96. The number of aliphatic hydroxyl groups is 1. The average molecular weight is 265 g/mol. The second-order valence-electron chi connectivity index (χ2n) is 2.76. The largest absolute Gasteiger partial charge is 0.388 e. The van der Waals surface area contributed by atoms with Crippen molar-refractivity contribution in [1.82, 2.24) is 0 Å². The van der Waals surface area contributed by atoms with Crippen LogP contribution in [0.25, 0.3) is 0 Å². The third-order valence-corrected chi connectivity index (χ3v) is 2.59. The molecule has 1 unspecified atom stereocenters. The summed E-state index contributed by atoms with van der Waals surface area (Å²) in [7, 11) is 0. The molecule has 0 saturated heterocycles. The van der Waals surface area contributed by atoms with E-state index in [1.165, 1.54) is 0 Å². The molecular weight excluding hydrogens is 253 g/mol. The minimum absolute atomic E-state index is 0.448. The molecular formula is C9H11BrClNO. The Kier molecular flexibility index (Phi) is 4.19. The van der Waals surface area contributed by atoms with E-state index in [1.54, 1.807) is 6.07 Å². The third kappa shape index (κ3) is 2.95. The van der Waals surface area contributed by atoms with Crippen molar-refractivity contribution >= 4 is 27.5 Å². The van der Waals surface area contributed by atoms with E-state index in [-0.39, 0.29) is 0 Å². The van der Waals surface area contributed by atoms with E-state index in [0.29, 0.717) is 18.0 Å². The summed E-state index contributed by atoms with van der Waals surface area (Å²) in [4.78, 5) is 0. The van der Waals surface area contributed by atoms with Gasteiger partial charge in [0, 0.05) is 15.1 Å². The minimum Gasteiger partial charge on any atom is -0.388 e. The molecule has 72 valence electrons. The Labute approximate surface area is 90.8 Å². The molecule has 0 bridgehead atoms. The first-order valence-electron chi connectivity index (χ1n) is 3.98. The molecule has 0 aliphatic rings. The van der Waals surface area contributed by atoms with Crippen LogP contribution in [0.5, 0.6) is 0 Å². The monoisotopic (exact) mass is 263 g/mol. The van der Waals surface area contributed by atoms with E-state index in [2.05, 4.69) is 15.9 Å². The molecule has 1 atom stereocenters. The number of hydrogen-bond acceptors (Lipinski definition) is 2. The summed E-state index contributed by atoms with van der Waals surface area (Å²) in [6, 6.07) is 5.39. The van der Waals surface area contributed by atoms with Gasteiger partial charge in [0.05, 0.1) is 6.10 Å². The van der Waals surface area contributed by atoms with Crippen LogP contribution in [0.2, 0.25) is 5.02 Å². The summed E-state index contributed by atoms with van der Waals surface area (Å²) in [6.07, 6.45) is -0.0501. The predicted molar refractivity (Wildman–Crippen MR) is 57.8 cm³/mol. The molecule has 3 N–H and O–H groups in total. The van der Waals surface area contributed by atoms with Crippen molar-refractivity contribution in [3.63, 3.8) is 0 Å². The Hall–Kier alpha value is -0.0900. The van der Waals surface area contributed by atoms with Crippen LogP contribution in [0, 0.1) is 0 Å². The highest BCUT2D eigenvalue weighted by Gasteiger charge is 2.10. The number of nitrogens with two attached hydrogens (primary N) is 1. The molecule has 0 fully saturated rings. The average Bonchev–Trinajstić information content (AvgIpc) is 2.09. The number of benzene rings is 1. The van der Waals surface area contributed by atoms with Gasteiger partial charge in [-0.2, -0.15) is 0 Å². The Balaban J connectivity index is 2.91. The standard InChI is InChI=1S/C9H11BrClNO/c10-6-1-2-8(11)7(5-6)9(13)3-4-12/h1-2,5,9,13H,3-4,12H2. The van der Waals surface area contributed by atoms with Crippen LogP contribution < -0.4 is 5.73 Å². The van der Waals surface area contributed by atoms with E-state index in [0.717, 1.165) is 10.0 Å². The maximum absolute atomic E-state index is 9.64. The summed E-state index contributed by atoms with van der Waals surface area (Å²) < 4.78 is 0.906. The van der Waals surface area contributed by atoms with Gasteiger partial charge in [0.25, 0.3) is 0 Å². The van der Waals surface area contributed by atoms with Crippen molar-refractivity contribution in [3.8, 4) is 0 Å². The van der Waals surface area contributed by atoms with Gasteiger partial charge in [0.2, 0.25) is 0 Å². The molecule has 0 aliphatic carbocycles. The molecule has 4 heteroatoms. The van der Waals surface area contributed by atoms with Gasteiger partial charge in [0.15, 0.2) is 0 Å². The molecule has 1 aromatic rings. The van der Waals surface area contributed by atoms with Crippen LogP contribution in [-0.4, -0.2) is 11.7 Å². The molecule has 0 spiro atoms. The summed E-state index contributed by atoms with van der Waals surface area (Å²) >= 11 is 9.22. The maximum Gasteiger partial charge on any atom is 0.0816 e. The first-order valence-corrected chi connectivity index (χ1v) is 5.15. The SMILES string of the molecule is NCCC(O)c1cc(Br)ccc1Cl. The summed E-state index contributed by atoms with van der Waals surface area (Å²) in [6.45, 7) is 0.448. The van der Waals surface area contributed by atoms with Crippen LogP contribution in [-0.2, 0) is 0 Å². The van der Waals surface area contributed by atoms with Crippen molar-refractivity contribution in [2.45, 2.75) is 12.5 Å². The van der Waals surface area contributed by atoms with Crippen molar-refractivity contribution in [3.05, 3.63) is 33.3 Å². The van der Waals surface area contributed by atoms with Crippen LogP contribution >= 0.6 is 27.5 Å². The number of halogens is 2. The quantitative estimate of drug-likeness (QED) is 0.881. The normalized spacial score (nSPS) is 12.9. The first kappa shape index (κ1) is 11.0. The smallest absolute Gasteiger partial charge is 0.0816 e. The molecule has 0 amide bonds. The zero-order valence-corrected chi connectivity index (χ0v) is 9.35. The lowest BCUT2D eigenvalue weighted by atomic mass is 10.1. The van der Waals surface area contributed by atoms with Crippen LogP contribution in [0.4, 0.5) is 0 Å². The highest BCUT2D eigenvalue weighted by atomic mass is 79.9. The van der Waals surface area contributed by atoms with Gasteiger partial charge in [-0.1, -0.05) is 27.5 Å². The number of hydrogen-bond donors (Lipinski definition) is 2. The summed E-state index contributed by atoms with van der Waals surface area (Å²) in [5.74, 6) is 0. The van der Waals surface area contributed by atoms with Gasteiger partial charge in [-0.3, -0.25) is 0 Å². The maximum atomic E-state index is 9.64. The van der Waals surface area contributed by atoms with Crippen LogP contribution in [0.15, 0.2) is 22.7 Å². The molecule has 1 rings (SSSR count). The highest BCUT2D eigenvalue weighted by molar-refractivity contribution is 9.10. The van der Waals surface area contributed by atoms with Gasteiger partial charge >= 0.3 is 0 Å². The first-order chi connectivity index (χ1) is 6.15. The van der Waals surface area contributed by atoms with E-state index in [1.807, 2.05) is 12.1 Å². The number of aliphatic hydroxyl groups excluding tert-OH is 1. The van der Waals surface area contributed by atoms with Gasteiger partial charge in [-0.05, 0) is 31.2 Å². The predicted octanol–water partition coefficient (Wildman–Crippen LogP) is 2.48. The fourth-order valence-corrected chi connectivity index (χ4v) is 1.71. The fraction of sp³-hybridized carbons (Fsp3) is 0.333. The van der Waals surface area contributed by atoms with E-state index in [9.17, 15) is 5.11 Å². The van der Waals surface area contributed by atoms with Crippen molar-refractivity contribution < 1.29 is 5.11 Å². The van der Waals surface area contributed by atoms with E-state index >= 15 is 0 Å². The highest BCUT2D eigenvalue weighted by Crippen LogP contribution is 2.27. The molecule has 13 heavy (non-hydrogen) atoms. The lowest BCUT2D eigenvalue weighted by Crippen LogP contribution is -2.07. The molecule has 0 aliphatic heterocycles. The Morgan fingerprint density at radius 2 is 2.23 bits per heavy atom. The Morgan fingerprint density at radius 3 is 2.85 bits per heavy atom. The molecule has 2 nitrogen and oxygen atoms in total. The Bertz CT molecular complexity index is 293. The van der Waals surface area contributed by atoms with E-state index < -0.39 is 6.10 Å². The zero-order chi connectivity index (χ0) is 9.84. The molecule has 0 aromatic heterocycles. The zero-order valence-electron chi connectivity index (χ0n) is 7.00. The molecule has 0 radical (unpaired) electrons. The van der Waals surface area contributed by atoms with Gasteiger partial charge in [0.1, 0.15) is 0 Å². The molecule has 0 saturated carbocycles. The topological polar surface area (TPSA) is 46.2 Å². The molecule has 0 heterocycles. The van der Waals surface area contributed by atoms with E-state index in [4.69, 9.17) is 17.3 Å². The minimum atomic E-state index is -0.574. The second-order valence-corrected chi connectivity index (χ2v) is 4.08. The van der Waals surface area contributed by atoms with Gasteiger partial charge in [-0.25, -0.2) is 0 Å². The lowest BCUT2D eigenvalue weighted by molar-refractivity contribution is 0.170. The van der Waals surface area contributed by atoms with Crippen molar-refractivity contribution in [1.29, 1.82) is 0 Å². The summed E-state index contributed by atoms with van der Waals surface area (Å²) in [5, 5.41) is 10.2. The third-order valence-electron chi connectivity index (χ3n) is 1.76. The Morgan fingerprint density at radius 1 is 1.54 bits per heavy atom. The number of rotatable bonds is 3. The fourth-order valence-electron chi connectivity index (χ4n) is 1.08. The van der Waals surface area contributed by atoms with Crippen LogP contribution in [0.1, 0.15) is 18.1 Å². The van der Waals surface area contributed by atoms with Crippen molar-refractivity contribution in [2.24, 2.45) is 5.73 Å². The molecule has 1 aromatic carbocycles. The lowest BCUT2D eigenvalue weighted by Gasteiger charge is -2.11.